The van der Waals surface area contributed by atoms with Crippen molar-refractivity contribution in [3.8, 4) is 0 Å². The highest BCUT2D eigenvalue weighted by Gasteiger charge is 2.21. The molecule has 2 N–H and O–H groups in total. The van der Waals surface area contributed by atoms with Crippen molar-refractivity contribution >= 4 is 5.96 Å². The number of nitrogens with one attached hydrogen (secondary N) is 2. The van der Waals surface area contributed by atoms with E-state index in [0.717, 1.165) is 43.2 Å². The number of aromatic nitrogens is 1. The number of oxazole rings is 1. The normalized spacial score (nSPS) is 22.5. The number of hydrogen-bond donors (Lipinski definition) is 2. The number of rotatable bonds is 6. The van der Waals surface area contributed by atoms with Crippen molar-refractivity contribution < 1.29 is 4.42 Å². The van der Waals surface area contributed by atoms with Gasteiger partial charge in [0, 0.05) is 38.1 Å². The smallest absolute Gasteiger partial charge is 0.216 e. The zero-order valence-corrected chi connectivity index (χ0v) is 17.4. The molecule has 0 spiro atoms. The molecule has 26 heavy (non-hydrogen) atoms. The lowest BCUT2D eigenvalue weighted by atomic mass is 9.92. The number of piperidine rings is 1. The van der Waals surface area contributed by atoms with Crippen LogP contribution in [0.3, 0.4) is 0 Å². The lowest BCUT2D eigenvalue weighted by Gasteiger charge is -2.35. The van der Waals surface area contributed by atoms with Crippen molar-refractivity contribution in [1.29, 1.82) is 0 Å². The van der Waals surface area contributed by atoms with Crippen LogP contribution in [-0.4, -0.2) is 48.6 Å². The van der Waals surface area contributed by atoms with Crippen LogP contribution >= 0.6 is 0 Å². The summed E-state index contributed by atoms with van der Waals surface area (Å²) in [6.07, 6.45) is 3.16. The van der Waals surface area contributed by atoms with Crippen LogP contribution in [0.15, 0.2) is 15.6 Å². The Morgan fingerprint density at radius 1 is 1.27 bits per heavy atom. The summed E-state index contributed by atoms with van der Waals surface area (Å²) in [6, 6.07) is 0. The van der Waals surface area contributed by atoms with Gasteiger partial charge in [-0.15, -0.1) is 0 Å². The third-order valence-corrected chi connectivity index (χ3v) is 4.67. The van der Waals surface area contributed by atoms with Crippen LogP contribution in [0.25, 0.3) is 0 Å². The van der Waals surface area contributed by atoms with Gasteiger partial charge in [-0.2, -0.15) is 0 Å². The van der Waals surface area contributed by atoms with Gasteiger partial charge in [-0.05, 0) is 25.2 Å². The molecular weight excluding hydrogens is 326 g/mol. The van der Waals surface area contributed by atoms with E-state index in [2.05, 4.69) is 67.1 Å². The highest BCUT2D eigenvalue weighted by molar-refractivity contribution is 5.79. The van der Waals surface area contributed by atoms with Crippen LogP contribution in [0.4, 0.5) is 0 Å². The van der Waals surface area contributed by atoms with E-state index >= 15 is 0 Å². The van der Waals surface area contributed by atoms with Crippen molar-refractivity contribution in [3.05, 3.63) is 17.8 Å². The second-order valence-corrected chi connectivity index (χ2v) is 8.70. The fourth-order valence-corrected chi connectivity index (χ4v) is 3.53. The molecule has 6 nitrogen and oxygen atoms in total. The SMILES string of the molecule is CCNC(=NCc1ncc(C(C)(C)C)o1)NCCN1CC(C)CC(C)C1. The standard InChI is InChI=1S/C20H37N5O/c1-7-21-19(22-8-9-25-13-15(2)10-16(3)14-25)24-12-18-23-11-17(26-18)20(4,5)6/h11,15-16H,7-10,12-14H2,1-6H3,(H2,21,22,24). The highest BCUT2D eigenvalue weighted by Crippen LogP contribution is 2.23. The zero-order valence-electron chi connectivity index (χ0n) is 17.4. The first-order valence-corrected chi connectivity index (χ1v) is 9.97. The molecule has 2 unspecified atom stereocenters. The predicted octanol–water partition coefficient (Wildman–Crippen LogP) is 3.01. The molecule has 1 fully saturated rings. The Labute approximate surface area is 158 Å². The first-order chi connectivity index (χ1) is 12.3. The minimum atomic E-state index is -0.0274. The molecule has 1 saturated heterocycles. The summed E-state index contributed by atoms with van der Waals surface area (Å²) < 4.78 is 5.82. The zero-order chi connectivity index (χ0) is 19.2. The predicted molar refractivity (Wildman–Crippen MR) is 107 cm³/mol. The van der Waals surface area contributed by atoms with Crippen molar-refractivity contribution in [3.63, 3.8) is 0 Å². The largest absolute Gasteiger partial charge is 0.443 e. The summed E-state index contributed by atoms with van der Waals surface area (Å²) in [5.74, 6) is 3.96. The van der Waals surface area contributed by atoms with Crippen LogP contribution in [-0.2, 0) is 12.0 Å². The van der Waals surface area contributed by atoms with Gasteiger partial charge in [0.2, 0.25) is 5.89 Å². The summed E-state index contributed by atoms with van der Waals surface area (Å²) in [5.41, 5.74) is -0.0274. The van der Waals surface area contributed by atoms with Crippen molar-refractivity contribution in [1.82, 2.24) is 20.5 Å². The molecule has 1 aromatic heterocycles. The van der Waals surface area contributed by atoms with E-state index in [1.807, 2.05) is 6.20 Å². The number of guanidine groups is 1. The third kappa shape index (κ3) is 6.63. The Hall–Kier alpha value is -1.56. The number of hydrogen-bond acceptors (Lipinski definition) is 4. The lowest BCUT2D eigenvalue weighted by Crippen LogP contribution is -2.45. The number of likely N-dealkylation sites (tertiary alicyclic amines) is 1. The lowest BCUT2D eigenvalue weighted by molar-refractivity contribution is 0.143. The summed E-state index contributed by atoms with van der Waals surface area (Å²) >= 11 is 0. The molecule has 2 rings (SSSR count). The first kappa shape index (κ1) is 20.7. The van der Waals surface area contributed by atoms with Crippen molar-refractivity contribution in [2.45, 2.75) is 59.9 Å². The molecule has 0 aromatic carbocycles. The third-order valence-electron chi connectivity index (χ3n) is 4.67. The molecule has 1 aliphatic rings. The summed E-state index contributed by atoms with van der Waals surface area (Å²) in [7, 11) is 0. The average molecular weight is 364 g/mol. The maximum Gasteiger partial charge on any atom is 0.216 e. The molecule has 0 bridgehead atoms. The van der Waals surface area contributed by atoms with Crippen LogP contribution in [0.2, 0.25) is 0 Å². The molecule has 0 aliphatic carbocycles. The molecule has 6 heteroatoms. The fraction of sp³-hybridized carbons (Fsp3) is 0.800. The molecular formula is C20H37N5O. The summed E-state index contributed by atoms with van der Waals surface area (Å²) in [4.78, 5) is 11.5. The van der Waals surface area contributed by atoms with E-state index in [1.54, 1.807) is 0 Å². The van der Waals surface area contributed by atoms with E-state index in [0.29, 0.717) is 12.4 Å². The number of aliphatic imine (C=N–C) groups is 1. The minimum Gasteiger partial charge on any atom is -0.443 e. The van der Waals surface area contributed by atoms with Crippen LogP contribution in [0, 0.1) is 11.8 Å². The van der Waals surface area contributed by atoms with E-state index < -0.39 is 0 Å². The molecule has 1 aromatic rings. The molecule has 2 heterocycles. The van der Waals surface area contributed by atoms with Gasteiger partial charge >= 0.3 is 0 Å². The van der Waals surface area contributed by atoms with Crippen molar-refractivity contribution in [2.24, 2.45) is 16.8 Å². The molecule has 0 saturated carbocycles. The van der Waals surface area contributed by atoms with Gasteiger partial charge < -0.3 is 20.0 Å². The van der Waals surface area contributed by atoms with Gasteiger partial charge in [-0.3, -0.25) is 0 Å². The van der Waals surface area contributed by atoms with Gasteiger partial charge in [0.05, 0.1) is 6.20 Å². The highest BCUT2D eigenvalue weighted by atomic mass is 16.4. The summed E-state index contributed by atoms with van der Waals surface area (Å²) in [5, 5.41) is 6.73. The quantitative estimate of drug-likeness (QED) is 0.601. The Morgan fingerprint density at radius 3 is 2.54 bits per heavy atom. The molecule has 0 amide bonds. The Bertz CT molecular complexity index is 565. The van der Waals surface area contributed by atoms with Crippen LogP contribution in [0.5, 0.6) is 0 Å². The van der Waals surface area contributed by atoms with Gasteiger partial charge in [0.1, 0.15) is 12.3 Å². The monoisotopic (exact) mass is 363 g/mol. The number of nitrogens with zero attached hydrogens (tertiary/aromatic N) is 3. The van der Waals surface area contributed by atoms with E-state index in [-0.39, 0.29) is 5.41 Å². The fourth-order valence-electron chi connectivity index (χ4n) is 3.53. The maximum atomic E-state index is 5.82. The Balaban J connectivity index is 1.83. The van der Waals surface area contributed by atoms with Gasteiger partial charge in [-0.25, -0.2) is 9.98 Å². The van der Waals surface area contributed by atoms with Crippen LogP contribution in [0.1, 0.15) is 59.6 Å². The summed E-state index contributed by atoms with van der Waals surface area (Å²) in [6.45, 7) is 18.8. The first-order valence-electron chi connectivity index (χ1n) is 9.97. The molecule has 2 atom stereocenters. The topological polar surface area (TPSA) is 65.7 Å². The van der Waals surface area contributed by atoms with Crippen LogP contribution < -0.4 is 10.6 Å². The Morgan fingerprint density at radius 2 is 1.96 bits per heavy atom. The average Bonchev–Trinajstić information content (AvgIpc) is 3.01. The van der Waals surface area contributed by atoms with Gasteiger partial charge in [-0.1, -0.05) is 34.6 Å². The second-order valence-electron chi connectivity index (χ2n) is 8.70. The molecule has 148 valence electrons. The second kappa shape index (κ2) is 9.40. The Kier molecular flexibility index (Phi) is 7.50. The van der Waals surface area contributed by atoms with E-state index in [1.165, 1.54) is 19.5 Å². The minimum absolute atomic E-state index is 0.0274. The van der Waals surface area contributed by atoms with Gasteiger partial charge in [0.15, 0.2) is 5.96 Å². The molecule has 1 aliphatic heterocycles. The van der Waals surface area contributed by atoms with E-state index in [9.17, 15) is 0 Å². The van der Waals surface area contributed by atoms with Crippen molar-refractivity contribution in [2.75, 3.05) is 32.7 Å². The van der Waals surface area contributed by atoms with Gasteiger partial charge in [0.25, 0.3) is 0 Å². The maximum absolute atomic E-state index is 5.82. The van der Waals surface area contributed by atoms with E-state index in [4.69, 9.17) is 4.42 Å². The molecule has 0 radical (unpaired) electrons.